The van der Waals surface area contributed by atoms with Gasteiger partial charge in [0, 0.05) is 33.9 Å². The molecular weight excluding hydrogens is 685 g/mol. The highest BCUT2D eigenvalue weighted by molar-refractivity contribution is 6.15. The van der Waals surface area contributed by atoms with Gasteiger partial charge in [-0.3, -0.25) is 4.98 Å². The zero-order chi connectivity index (χ0) is 37.8. The van der Waals surface area contributed by atoms with Gasteiger partial charge in [-0.2, -0.15) is 5.26 Å². The number of benzene rings is 6. The maximum Gasteiger partial charge on any atom is 0.143 e. The Balaban J connectivity index is 1.58. The van der Waals surface area contributed by atoms with Crippen molar-refractivity contribution >= 4 is 43.6 Å². The molecule has 0 fully saturated rings. The summed E-state index contributed by atoms with van der Waals surface area (Å²) in [5, 5.41) is 13.9. The number of nitrogens with zero attached hydrogens (tertiary/aromatic N) is 4. The van der Waals surface area contributed by atoms with Gasteiger partial charge in [0.15, 0.2) is 0 Å². The summed E-state index contributed by atoms with van der Waals surface area (Å²) in [6.07, 6.45) is 3.63. The van der Waals surface area contributed by atoms with E-state index in [2.05, 4.69) is 63.5 Å². The molecule has 9 aromatic rings. The highest BCUT2D eigenvalue weighted by atomic mass is 16.5. The molecule has 3 aromatic heterocycles. The van der Waals surface area contributed by atoms with E-state index >= 15 is 0 Å². The number of hydrogen-bond acceptors (Lipinski definition) is 6. The summed E-state index contributed by atoms with van der Waals surface area (Å²) in [6.45, 7) is 2.05. The third-order valence-electron chi connectivity index (χ3n) is 10.6. The zero-order valence-corrected chi connectivity index (χ0v) is 31.0. The molecule has 6 aromatic carbocycles. The number of nitriles is 1. The van der Waals surface area contributed by atoms with Gasteiger partial charge in [0.25, 0.3) is 0 Å². The molecule has 268 valence electrons. The third kappa shape index (κ3) is 5.08. The van der Waals surface area contributed by atoms with E-state index < -0.39 is 0 Å². The minimum Gasteiger partial charge on any atom is -0.495 e. The van der Waals surface area contributed by atoms with E-state index in [9.17, 15) is 5.26 Å². The van der Waals surface area contributed by atoms with E-state index in [-0.39, 0.29) is 0 Å². The van der Waals surface area contributed by atoms with E-state index in [1.807, 2.05) is 91.3 Å². The fraction of sp³-hybridized carbons (Fsp3) is 0.106. The van der Waals surface area contributed by atoms with E-state index in [0.717, 1.165) is 94.3 Å². The fourth-order valence-corrected chi connectivity index (χ4v) is 8.21. The SMILES string of the molecule is COc1cccc2c3cccc(OC)c3n(-c3cc(-c4ccncc4)c(-c4ccc(C#N)cc4C)cc3-n3c4c(OC)cccc4c4cccc(OC)c43)c12. The van der Waals surface area contributed by atoms with Crippen LogP contribution >= 0.6 is 0 Å². The molecule has 0 aliphatic heterocycles. The first-order valence-electron chi connectivity index (χ1n) is 17.9. The largest absolute Gasteiger partial charge is 0.495 e. The maximum absolute atomic E-state index is 9.82. The molecule has 0 N–H and O–H groups in total. The van der Waals surface area contributed by atoms with Gasteiger partial charge < -0.3 is 28.1 Å². The lowest BCUT2D eigenvalue weighted by Gasteiger charge is -2.23. The Morgan fingerprint density at radius 1 is 0.491 bits per heavy atom. The monoisotopic (exact) mass is 720 g/mol. The van der Waals surface area contributed by atoms with Crippen LogP contribution in [0.2, 0.25) is 0 Å². The van der Waals surface area contributed by atoms with Crippen molar-refractivity contribution in [1.82, 2.24) is 14.1 Å². The highest BCUT2D eigenvalue weighted by Crippen LogP contribution is 2.48. The van der Waals surface area contributed by atoms with E-state index in [0.29, 0.717) is 17.1 Å². The van der Waals surface area contributed by atoms with Crippen molar-refractivity contribution in [3.63, 3.8) is 0 Å². The van der Waals surface area contributed by atoms with Crippen molar-refractivity contribution in [2.45, 2.75) is 6.92 Å². The fourth-order valence-electron chi connectivity index (χ4n) is 8.21. The molecule has 0 bridgehead atoms. The van der Waals surface area contributed by atoms with Gasteiger partial charge in [-0.05, 0) is 95.4 Å². The van der Waals surface area contributed by atoms with Gasteiger partial charge >= 0.3 is 0 Å². The van der Waals surface area contributed by atoms with Gasteiger partial charge in [-0.25, -0.2) is 0 Å². The van der Waals surface area contributed by atoms with E-state index in [1.165, 1.54) is 0 Å². The van der Waals surface area contributed by atoms with Gasteiger partial charge in [-0.15, -0.1) is 0 Å². The van der Waals surface area contributed by atoms with Crippen molar-refractivity contribution in [2.24, 2.45) is 0 Å². The predicted molar refractivity (Wildman–Crippen MR) is 219 cm³/mol. The molecule has 0 aliphatic rings. The Hall–Kier alpha value is -7.24. The molecule has 55 heavy (non-hydrogen) atoms. The Labute approximate surface area is 317 Å². The number of aromatic nitrogens is 3. The molecule has 0 radical (unpaired) electrons. The van der Waals surface area contributed by atoms with Crippen LogP contribution in [0, 0.1) is 18.3 Å². The summed E-state index contributed by atoms with van der Waals surface area (Å²) in [5.41, 5.74) is 10.8. The molecule has 0 unspecified atom stereocenters. The Morgan fingerprint density at radius 2 is 0.909 bits per heavy atom. The predicted octanol–water partition coefficient (Wildman–Crippen LogP) is 10.8. The highest BCUT2D eigenvalue weighted by Gasteiger charge is 2.27. The van der Waals surface area contributed by atoms with Gasteiger partial charge in [0.2, 0.25) is 0 Å². The first kappa shape index (κ1) is 33.6. The second kappa shape index (κ2) is 13.3. The smallest absolute Gasteiger partial charge is 0.143 e. The van der Waals surface area contributed by atoms with Crippen molar-refractivity contribution in [3.05, 3.63) is 139 Å². The van der Waals surface area contributed by atoms with Crippen molar-refractivity contribution < 1.29 is 18.9 Å². The lowest BCUT2D eigenvalue weighted by Crippen LogP contribution is -2.07. The van der Waals surface area contributed by atoms with Gasteiger partial charge in [0.1, 0.15) is 23.0 Å². The van der Waals surface area contributed by atoms with Gasteiger partial charge in [-0.1, -0.05) is 54.6 Å². The Kier molecular flexibility index (Phi) is 8.13. The van der Waals surface area contributed by atoms with Crippen LogP contribution < -0.4 is 18.9 Å². The van der Waals surface area contributed by atoms with Crippen LogP contribution in [0.15, 0.2) is 128 Å². The molecule has 0 saturated carbocycles. The minimum atomic E-state index is 0.602. The molecule has 8 nitrogen and oxygen atoms in total. The summed E-state index contributed by atoms with van der Waals surface area (Å²) in [5.74, 6) is 2.87. The van der Waals surface area contributed by atoms with E-state index in [1.54, 1.807) is 28.4 Å². The summed E-state index contributed by atoms with van der Waals surface area (Å²) in [7, 11) is 6.82. The number of fused-ring (bicyclic) bond motifs is 6. The molecule has 0 aliphatic carbocycles. The van der Waals surface area contributed by atoms with Crippen LogP contribution in [0.4, 0.5) is 0 Å². The minimum absolute atomic E-state index is 0.602. The van der Waals surface area contributed by atoms with Crippen molar-refractivity contribution in [1.29, 1.82) is 5.26 Å². The summed E-state index contributed by atoms with van der Waals surface area (Å²) < 4.78 is 29.1. The molecule has 0 saturated heterocycles. The Bertz CT molecular complexity index is 2890. The lowest BCUT2D eigenvalue weighted by atomic mass is 9.90. The normalized spacial score (nSPS) is 11.3. The van der Waals surface area contributed by atoms with Crippen molar-refractivity contribution in [3.8, 4) is 62.7 Å². The topological polar surface area (TPSA) is 83.5 Å². The van der Waals surface area contributed by atoms with Crippen LogP contribution in [0.3, 0.4) is 0 Å². The number of methoxy groups -OCH3 is 4. The number of rotatable bonds is 8. The van der Waals surface area contributed by atoms with Gasteiger partial charge in [0.05, 0.1) is 73.5 Å². The average molecular weight is 721 g/mol. The zero-order valence-electron chi connectivity index (χ0n) is 31.0. The molecule has 0 amide bonds. The summed E-state index contributed by atoms with van der Waals surface area (Å²) in [4.78, 5) is 4.37. The molecule has 3 heterocycles. The first-order valence-corrected chi connectivity index (χ1v) is 17.9. The maximum atomic E-state index is 9.82. The van der Waals surface area contributed by atoms with Crippen LogP contribution in [0.1, 0.15) is 11.1 Å². The van der Waals surface area contributed by atoms with Crippen LogP contribution in [0.5, 0.6) is 23.0 Å². The third-order valence-corrected chi connectivity index (χ3v) is 10.6. The van der Waals surface area contributed by atoms with Crippen LogP contribution in [-0.2, 0) is 0 Å². The quantitative estimate of drug-likeness (QED) is 0.155. The molecule has 0 atom stereocenters. The number of aryl methyl sites for hydroxylation is 1. The first-order chi connectivity index (χ1) is 27.0. The van der Waals surface area contributed by atoms with E-state index in [4.69, 9.17) is 18.9 Å². The number of ether oxygens (including phenoxy) is 4. The standard InChI is InChI=1S/C47H36N4O4/c1-28-24-29(27-48)18-19-31(28)37-26-39(51-46-34(12-8-16-42(46)54-4)35-13-9-17-43(55-5)47(35)51)38(25-36(37)30-20-22-49-23-21-30)50-44-32(10-6-14-40(44)52-2)33-11-7-15-41(53-3)45(33)50/h6-26H,1-5H3. The summed E-state index contributed by atoms with van der Waals surface area (Å²) in [6, 6.07) is 41.3. The molecule has 9 rings (SSSR count). The second-order valence-corrected chi connectivity index (χ2v) is 13.4. The number of hydrogen-bond donors (Lipinski definition) is 0. The van der Waals surface area contributed by atoms with Crippen LogP contribution in [-0.4, -0.2) is 42.6 Å². The molecule has 8 heteroatoms. The Morgan fingerprint density at radius 3 is 1.29 bits per heavy atom. The summed E-state index contributed by atoms with van der Waals surface area (Å²) >= 11 is 0. The van der Waals surface area contributed by atoms with Crippen LogP contribution in [0.25, 0.3) is 77.2 Å². The number of para-hydroxylation sites is 4. The molecule has 0 spiro atoms. The molecular formula is C47H36N4O4. The van der Waals surface area contributed by atoms with Crippen molar-refractivity contribution in [2.75, 3.05) is 28.4 Å². The average Bonchev–Trinajstić information content (AvgIpc) is 3.77. The lowest BCUT2D eigenvalue weighted by molar-refractivity contribution is 0.416. The second-order valence-electron chi connectivity index (χ2n) is 13.4. The number of pyridine rings is 1.